The zero-order chi connectivity index (χ0) is 20.3. The van der Waals surface area contributed by atoms with E-state index in [1.807, 2.05) is 54.6 Å². The molecule has 4 rings (SSSR count). The molecule has 0 radical (unpaired) electrons. The minimum Gasteiger partial charge on any atom is -0.486 e. The largest absolute Gasteiger partial charge is 0.486 e. The summed E-state index contributed by atoms with van der Waals surface area (Å²) in [4.78, 5) is 14.8. The van der Waals surface area contributed by atoms with Gasteiger partial charge >= 0.3 is 5.97 Å². The molecule has 2 aliphatic rings. The van der Waals surface area contributed by atoms with Crippen LogP contribution in [0.15, 0.2) is 54.6 Å². The Hall–Kier alpha value is -2.28. The number of methoxy groups -OCH3 is 1. The van der Waals surface area contributed by atoms with Gasteiger partial charge in [-0.15, -0.1) is 12.4 Å². The van der Waals surface area contributed by atoms with Gasteiger partial charge in [0, 0.05) is 19.6 Å². The van der Waals surface area contributed by atoms with Gasteiger partial charge in [-0.3, -0.25) is 9.69 Å². The van der Waals surface area contributed by atoms with Crippen molar-refractivity contribution in [2.75, 3.05) is 33.4 Å². The number of piperidine rings is 1. The maximum Gasteiger partial charge on any atom is 0.316 e. The van der Waals surface area contributed by atoms with E-state index in [0.717, 1.165) is 23.6 Å². The third-order valence-corrected chi connectivity index (χ3v) is 5.86. The lowest BCUT2D eigenvalue weighted by atomic mass is 9.75. The summed E-state index contributed by atoms with van der Waals surface area (Å²) in [7, 11) is 1.37. The summed E-state index contributed by atoms with van der Waals surface area (Å²) in [5, 5.41) is 11.4. The van der Waals surface area contributed by atoms with Crippen molar-refractivity contribution < 1.29 is 24.1 Å². The molecule has 0 bridgehead atoms. The van der Waals surface area contributed by atoms with Crippen molar-refractivity contribution in [1.29, 1.82) is 0 Å². The summed E-state index contributed by atoms with van der Waals surface area (Å²) in [5.74, 6) is 0.470. The van der Waals surface area contributed by atoms with Crippen molar-refractivity contribution in [3.05, 3.63) is 60.2 Å². The van der Waals surface area contributed by atoms with E-state index in [0.29, 0.717) is 32.5 Å². The fraction of sp³-hybridized carbons (Fsp3) is 0.435. The van der Waals surface area contributed by atoms with Crippen LogP contribution in [0.3, 0.4) is 0 Å². The van der Waals surface area contributed by atoms with Crippen LogP contribution in [0.4, 0.5) is 0 Å². The molecule has 2 aromatic rings. The number of carbonyl (C=O) groups is 1. The van der Waals surface area contributed by atoms with E-state index in [9.17, 15) is 9.90 Å². The summed E-state index contributed by atoms with van der Waals surface area (Å²) in [6.45, 7) is 2.59. The van der Waals surface area contributed by atoms with E-state index >= 15 is 0 Å². The third-order valence-electron chi connectivity index (χ3n) is 5.86. The first-order valence-corrected chi connectivity index (χ1v) is 10.0. The van der Waals surface area contributed by atoms with Gasteiger partial charge in [0.1, 0.15) is 18.6 Å². The molecule has 1 N–H and O–H groups in total. The van der Waals surface area contributed by atoms with Gasteiger partial charge in [0.15, 0.2) is 11.5 Å². The van der Waals surface area contributed by atoms with Crippen molar-refractivity contribution in [2.45, 2.75) is 30.5 Å². The van der Waals surface area contributed by atoms with Crippen LogP contribution >= 0.6 is 12.4 Å². The van der Waals surface area contributed by atoms with Gasteiger partial charge in [0.25, 0.3) is 0 Å². The van der Waals surface area contributed by atoms with Crippen LogP contribution in [0.5, 0.6) is 11.5 Å². The number of esters is 1. The smallest absolute Gasteiger partial charge is 0.316 e. The second-order valence-corrected chi connectivity index (χ2v) is 7.77. The van der Waals surface area contributed by atoms with E-state index in [-0.39, 0.29) is 18.5 Å². The number of ether oxygens (including phenoxy) is 3. The number of nitrogens with zero attached hydrogens (tertiary/aromatic N) is 1. The Labute approximate surface area is 183 Å². The summed E-state index contributed by atoms with van der Waals surface area (Å²) < 4.78 is 16.9. The second kappa shape index (κ2) is 9.69. The highest BCUT2D eigenvalue weighted by molar-refractivity contribution is 5.85. The van der Waals surface area contributed by atoms with Crippen LogP contribution in [0.1, 0.15) is 24.3 Å². The lowest BCUT2D eigenvalue weighted by Gasteiger charge is -2.43. The SMILES string of the molecule is COC(=O)C(c1ccccc1)C1(O)CCN(CC2COc3ccccc3O2)CC1.Cl. The molecule has 1 saturated heterocycles. The zero-order valence-electron chi connectivity index (χ0n) is 17.0. The predicted octanol–water partition coefficient (Wildman–Crippen LogP) is 3.03. The molecule has 7 heteroatoms. The van der Waals surface area contributed by atoms with Crippen molar-refractivity contribution in [2.24, 2.45) is 0 Å². The van der Waals surface area contributed by atoms with E-state index in [4.69, 9.17) is 14.2 Å². The number of likely N-dealkylation sites (tertiary alicyclic amines) is 1. The van der Waals surface area contributed by atoms with E-state index in [2.05, 4.69) is 4.90 Å². The molecule has 2 aromatic carbocycles. The highest BCUT2D eigenvalue weighted by Gasteiger charge is 2.45. The van der Waals surface area contributed by atoms with Crippen LogP contribution in [-0.2, 0) is 9.53 Å². The highest BCUT2D eigenvalue weighted by Crippen LogP contribution is 2.38. The van der Waals surface area contributed by atoms with Gasteiger partial charge in [-0.25, -0.2) is 0 Å². The molecule has 2 atom stereocenters. The molecule has 0 spiro atoms. The molecular weight excluding hydrogens is 406 g/mol. The van der Waals surface area contributed by atoms with Gasteiger partial charge in [0.2, 0.25) is 0 Å². The number of para-hydroxylation sites is 2. The van der Waals surface area contributed by atoms with E-state index < -0.39 is 17.5 Å². The number of hydrogen-bond donors (Lipinski definition) is 1. The molecule has 30 heavy (non-hydrogen) atoms. The van der Waals surface area contributed by atoms with Gasteiger partial charge in [-0.2, -0.15) is 0 Å². The van der Waals surface area contributed by atoms with E-state index in [1.165, 1.54) is 7.11 Å². The fourth-order valence-electron chi connectivity index (χ4n) is 4.28. The Morgan fingerprint density at radius 2 is 1.77 bits per heavy atom. The lowest BCUT2D eigenvalue weighted by Crippen LogP contribution is -2.52. The van der Waals surface area contributed by atoms with Gasteiger partial charge in [-0.05, 0) is 30.5 Å². The van der Waals surface area contributed by atoms with Crippen LogP contribution in [0.25, 0.3) is 0 Å². The topological polar surface area (TPSA) is 68.2 Å². The molecule has 6 nitrogen and oxygen atoms in total. The summed E-state index contributed by atoms with van der Waals surface area (Å²) in [6, 6.07) is 17.1. The zero-order valence-corrected chi connectivity index (χ0v) is 17.8. The molecule has 2 heterocycles. The lowest BCUT2D eigenvalue weighted by molar-refractivity contribution is -0.152. The highest BCUT2D eigenvalue weighted by atomic mass is 35.5. The number of rotatable bonds is 5. The van der Waals surface area contributed by atoms with Crippen LogP contribution in [-0.4, -0.2) is 61.0 Å². The quantitative estimate of drug-likeness (QED) is 0.731. The normalized spacial score (nSPS) is 21.2. The predicted molar refractivity (Wildman–Crippen MR) is 115 cm³/mol. The molecule has 0 saturated carbocycles. The maximum absolute atomic E-state index is 12.5. The monoisotopic (exact) mass is 433 g/mol. The average molecular weight is 434 g/mol. The molecular formula is C23H28ClNO5. The van der Waals surface area contributed by atoms with Crippen LogP contribution in [0, 0.1) is 0 Å². The number of fused-ring (bicyclic) bond motifs is 1. The van der Waals surface area contributed by atoms with Crippen LogP contribution < -0.4 is 9.47 Å². The summed E-state index contributed by atoms with van der Waals surface area (Å²) >= 11 is 0. The number of carbonyl (C=O) groups excluding carboxylic acids is 1. The standard InChI is InChI=1S/C23H27NO5.ClH/c1-27-22(25)21(17-7-3-2-4-8-17)23(26)11-13-24(14-12-23)15-18-16-28-19-9-5-6-10-20(19)29-18;/h2-10,18,21,26H,11-16H2,1H3;1H. The van der Waals surface area contributed by atoms with Crippen molar-refractivity contribution in [1.82, 2.24) is 4.90 Å². The molecule has 1 fully saturated rings. The van der Waals surface area contributed by atoms with Crippen molar-refractivity contribution >= 4 is 18.4 Å². The number of aliphatic hydroxyl groups is 1. The average Bonchev–Trinajstić information content (AvgIpc) is 2.76. The maximum atomic E-state index is 12.5. The molecule has 2 aliphatic heterocycles. The Morgan fingerprint density at radius 1 is 1.13 bits per heavy atom. The summed E-state index contributed by atoms with van der Waals surface area (Å²) in [6.07, 6.45) is 0.930. The first kappa shape index (κ1) is 22.4. The molecule has 162 valence electrons. The van der Waals surface area contributed by atoms with Gasteiger partial charge in [-0.1, -0.05) is 42.5 Å². The van der Waals surface area contributed by atoms with E-state index in [1.54, 1.807) is 0 Å². The van der Waals surface area contributed by atoms with Crippen molar-refractivity contribution in [3.63, 3.8) is 0 Å². The Balaban J connectivity index is 0.00000256. The second-order valence-electron chi connectivity index (χ2n) is 7.77. The first-order valence-electron chi connectivity index (χ1n) is 10.0. The number of benzene rings is 2. The molecule has 0 aliphatic carbocycles. The Morgan fingerprint density at radius 3 is 2.43 bits per heavy atom. The van der Waals surface area contributed by atoms with Gasteiger partial charge in [0.05, 0.1) is 12.7 Å². The van der Waals surface area contributed by atoms with Gasteiger partial charge < -0.3 is 19.3 Å². The fourth-order valence-corrected chi connectivity index (χ4v) is 4.28. The molecule has 2 unspecified atom stereocenters. The van der Waals surface area contributed by atoms with Crippen LogP contribution in [0.2, 0.25) is 0 Å². The molecule has 0 amide bonds. The summed E-state index contributed by atoms with van der Waals surface area (Å²) in [5.41, 5.74) is -0.336. The first-order chi connectivity index (χ1) is 14.1. The Kier molecular flexibility index (Phi) is 7.23. The minimum absolute atomic E-state index is 0. The minimum atomic E-state index is -1.12. The van der Waals surface area contributed by atoms with Crippen molar-refractivity contribution in [3.8, 4) is 11.5 Å². The number of halogens is 1. The Bertz CT molecular complexity index is 838. The number of hydrogen-bond acceptors (Lipinski definition) is 6. The molecule has 0 aromatic heterocycles. The third kappa shape index (κ3) is 4.72.